The Labute approximate surface area is 118 Å². The second-order valence-electron chi connectivity index (χ2n) is 4.55. The molecule has 0 aliphatic rings. The fourth-order valence-electron chi connectivity index (χ4n) is 2.14. The number of ether oxygens (including phenoxy) is 1. The minimum Gasteiger partial charge on any atom is -0.492 e. The topological polar surface area (TPSA) is 56.1 Å². The van der Waals surface area contributed by atoms with Crippen molar-refractivity contribution in [2.75, 3.05) is 11.9 Å². The number of anilines is 1. The lowest BCUT2D eigenvalue weighted by molar-refractivity contribution is 0.102. The first-order valence-corrected chi connectivity index (χ1v) is 6.58. The number of hydrogen-bond donors (Lipinski definition) is 1. The van der Waals surface area contributed by atoms with Crippen LogP contribution in [-0.2, 0) is 7.05 Å². The highest BCUT2D eigenvalue weighted by molar-refractivity contribution is 6.06. The molecule has 0 radical (unpaired) electrons. The molecule has 106 valence electrons. The Balaban J connectivity index is 2.28. The van der Waals surface area contributed by atoms with Crippen LogP contribution >= 0.6 is 0 Å². The molecule has 5 heteroatoms. The highest BCUT2D eigenvalue weighted by Crippen LogP contribution is 2.25. The summed E-state index contributed by atoms with van der Waals surface area (Å²) >= 11 is 0. The van der Waals surface area contributed by atoms with Gasteiger partial charge in [-0.1, -0.05) is 12.1 Å². The van der Waals surface area contributed by atoms with Gasteiger partial charge in [0.1, 0.15) is 5.75 Å². The summed E-state index contributed by atoms with van der Waals surface area (Å²) in [5.41, 5.74) is 2.84. The van der Waals surface area contributed by atoms with Gasteiger partial charge in [0.2, 0.25) is 0 Å². The van der Waals surface area contributed by atoms with Crippen LogP contribution in [0.1, 0.15) is 28.7 Å². The van der Waals surface area contributed by atoms with Gasteiger partial charge in [-0.25, -0.2) is 0 Å². The molecule has 0 saturated carbocycles. The SMILES string of the molecule is CCOc1ccccc1NC(=O)c1c(C)nn(C)c1C. The van der Waals surface area contributed by atoms with E-state index in [0.717, 1.165) is 11.4 Å². The van der Waals surface area contributed by atoms with Crippen LogP contribution in [0.5, 0.6) is 5.75 Å². The Morgan fingerprint density at radius 2 is 2.05 bits per heavy atom. The number of hydrogen-bond acceptors (Lipinski definition) is 3. The molecule has 0 fully saturated rings. The van der Waals surface area contributed by atoms with Crippen LogP contribution in [0.25, 0.3) is 0 Å². The number of para-hydroxylation sites is 2. The molecule has 1 N–H and O–H groups in total. The molecule has 2 rings (SSSR count). The zero-order valence-corrected chi connectivity index (χ0v) is 12.2. The summed E-state index contributed by atoms with van der Waals surface area (Å²) in [6.45, 7) is 6.17. The second-order valence-corrected chi connectivity index (χ2v) is 4.55. The molecule has 0 saturated heterocycles. The van der Waals surface area contributed by atoms with E-state index in [-0.39, 0.29) is 5.91 Å². The second kappa shape index (κ2) is 5.77. The van der Waals surface area contributed by atoms with Crippen LogP contribution in [-0.4, -0.2) is 22.3 Å². The molecule has 1 aromatic carbocycles. The predicted molar refractivity (Wildman–Crippen MR) is 78.2 cm³/mol. The van der Waals surface area contributed by atoms with Gasteiger partial charge in [0, 0.05) is 12.7 Å². The highest BCUT2D eigenvalue weighted by atomic mass is 16.5. The minimum absolute atomic E-state index is 0.166. The van der Waals surface area contributed by atoms with Gasteiger partial charge < -0.3 is 10.1 Å². The summed E-state index contributed by atoms with van der Waals surface area (Å²) in [7, 11) is 1.83. The Morgan fingerprint density at radius 3 is 2.65 bits per heavy atom. The first-order chi connectivity index (χ1) is 9.54. The summed E-state index contributed by atoms with van der Waals surface area (Å²) in [5, 5.41) is 7.15. The van der Waals surface area contributed by atoms with Crippen molar-refractivity contribution in [3.63, 3.8) is 0 Å². The third-order valence-electron chi connectivity index (χ3n) is 3.17. The number of nitrogens with zero attached hydrogens (tertiary/aromatic N) is 2. The first-order valence-electron chi connectivity index (χ1n) is 6.58. The van der Waals surface area contributed by atoms with Crippen molar-refractivity contribution in [2.45, 2.75) is 20.8 Å². The maximum absolute atomic E-state index is 12.4. The largest absolute Gasteiger partial charge is 0.492 e. The minimum atomic E-state index is -0.166. The molecule has 20 heavy (non-hydrogen) atoms. The van der Waals surface area contributed by atoms with E-state index in [1.807, 2.05) is 52.1 Å². The maximum Gasteiger partial charge on any atom is 0.259 e. The molecule has 2 aromatic rings. The van der Waals surface area contributed by atoms with Gasteiger partial charge in [-0.15, -0.1) is 0 Å². The molecule has 1 amide bonds. The summed E-state index contributed by atoms with van der Waals surface area (Å²) in [6, 6.07) is 7.40. The number of amides is 1. The van der Waals surface area contributed by atoms with E-state index >= 15 is 0 Å². The van der Waals surface area contributed by atoms with Crippen molar-refractivity contribution in [2.24, 2.45) is 7.05 Å². The average Bonchev–Trinajstić information content (AvgIpc) is 2.66. The molecule has 0 aliphatic carbocycles. The molecule has 1 aromatic heterocycles. The number of carbonyl (C=O) groups excluding carboxylic acids is 1. The van der Waals surface area contributed by atoms with Crippen molar-refractivity contribution in [3.05, 3.63) is 41.2 Å². The molecule has 0 atom stereocenters. The van der Waals surface area contributed by atoms with E-state index < -0.39 is 0 Å². The maximum atomic E-state index is 12.4. The quantitative estimate of drug-likeness (QED) is 0.931. The van der Waals surface area contributed by atoms with E-state index in [1.165, 1.54) is 0 Å². The lowest BCUT2D eigenvalue weighted by Crippen LogP contribution is -2.15. The summed E-state index contributed by atoms with van der Waals surface area (Å²) in [6.07, 6.45) is 0. The van der Waals surface area contributed by atoms with E-state index in [4.69, 9.17) is 4.74 Å². The monoisotopic (exact) mass is 273 g/mol. The van der Waals surface area contributed by atoms with E-state index in [2.05, 4.69) is 10.4 Å². The van der Waals surface area contributed by atoms with Gasteiger partial charge in [-0.05, 0) is 32.9 Å². The Morgan fingerprint density at radius 1 is 1.35 bits per heavy atom. The van der Waals surface area contributed by atoms with Gasteiger partial charge >= 0.3 is 0 Å². The average molecular weight is 273 g/mol. The molecule has 5 nitrogen and oxygen atoms in total. The van der Waals surface area contributed by atoms with Crippen LogP contribution in [0.4, 0.5) is 5.69 Å². The van der Waals surface area contributed by atoms with Crippen LogP contribution in [0, 0.1) is 13.8 Å². The van der Waals surface area contributed by atoms with Crippen molar-refractivity contribution in [3.8, 4) is 5.75 Å². The fraction of sp³-hybridized carbons (Fsp3) is 0.333. The van der Waals surface area contributed by atoms with Gasteiger partial charge in [-0.3, -0.25) is 9.48 Å². The molecular formula is C15H19N3O2. The zero-order valence-electron chi connectivity index (χ0n) is 12.2. The van der Waals surface area contributed by atoms with Crippen LogP contribution in [0.15, 0.2) is 24.3 Å². The molecule has 0 spiro atoms. The third kappa shape index (κ3) is 2.66. The third-order valence-corrected chi connectivity index (χ3v) is 3.17. The fourth-order valence-corrected chi connectivity index (χ4v) is 2.14. The van der Waals surface area contributed by atoms with Crippen molar-refractivity contribution >= 4 is 11.6 Å². The van der Waals surface area contributed by atoms with Crippen molar-refractivity contribution < 1.29 is 9.53 Å². The van der Waals surface area contributed by atoms with Gasteiger partial charge in [0.15, 0.2) is 0 Å². The molecular weight excluding hydrogens is 254 g/mol. The number of aryl methyl sites for hydroxylation is 2. The van der Waals surface area contributed by atoms with Crippen LogP contribution in [0.3, 0.4) is 0 Å². The van der Waals surface area contributed by atoms with E-state index in [9.17, 15) is 4.79 Å². The summed E-state index contributed by atoms with van der Waals surface area (Å²) < 4.78 is 7.21. The van der Waals surface area contributed by atoms with Gasteiger partial charge in [-0.2, -0.15) is 5.10 Å². The Hall–Kier alpha value is -2.30. The lowest BCUT2D eigenvalue weighted by atomic mass is 10.1. The summed E-state index contributed by atoms with van der Waals surface area (Å²) in [5.74, 6) is 0.503. The van der Waals surface area contributed by atoms with Gasteiger partial charge in [0.25, 0.3) is 5.91 Å². The molecule has 0 aliphatic heterocycles. The smallest absolute Gasteiger partial charge is 0.259 e. The van der Waals surface area contributed by atoms with Gasteiger partial charge in [0.05, 0.1) is 23.6 Å². The normalized spacial score (nSPS) is 10.4. The van der Waals surface area contributed by atoms with Crippen LogP contribution < -0.4 is 10.1 Å². The molecule has 1 heterocycles. The summed E-state index contributed by atoms with van der Waals surface area (Å²) in [4.78, 5) is 12.4. The van der Waals surface area contributed by atoms with Crippen molar-refractivity contribution in [1.29, 1.82) is 0 Å². The van der Waals surface area contributed by atoms with E-state index in [1.54, 1.807) is 4.68 Å². The first kappa shape index (κ1) is 14.1. The number of carbonyl (C=O) groups is 1. The lowest BCUT2D eigenvalue weighted by Gasteiger charge is -2.11. The molecule has 0 unspecified atom stereocenters. The number of benzene rings is 1. The Bertz CT molecular complexity index is 632. The predicted octanol–water partition coefficient (Wildman–Crippen LogP) is 2.69. The number of nitrogens with one attached hydrogen (secondary N) is 1. The molecule has 0 bridgehead atoms. The van der Waals surface area contributed by atoms with Crippen molar-refractivity contribution in [1.82, 2.24) is 9.78 Å². The number of aromatic nitrogens is 2. The van der Waals surface area contributed by atoms with E-state index in [0.29, 0.717) is 23.6 Å². The Kier molecular flexibility index (Phi) is 4.08. The van der Waals surface area contributed by atoms with Crippen LogP contribution in [0.2, 0.25) is 0 Å². The highest BCUT2D eigenvalue weighted by Gasteiger charge is 2.18. The standard InChI is InChI=1S/C15H19N3O2/c1-5-20-13-9-7-6-8-12(13)16-15(19)14-10(2)17-18(4)11(14)3/h6-9H,5H2,1-4H3,(H,16,19). The number of rotatable bonds is 4. The zero-order chi connectivity index (χ0) is 14.7.